The van der Waals surface area contributed by atoms with Crippen molar-refractivity contribution < 1.29 is 9.47 Å². The third-order valence-electron chi connectivity index (χ3n) is 5.95. The van der Waals surface area contributed by atoms with Crippen molar-refractivity contribution in [3.63, 3.8) is 0 Å². The predicted molar refractivity (Wildman–Crippen MR) is 95.3 cm³/mol. The number of benzene rings is 2. The molecule has 2 aliphatic heterocycles. The summed E-state index contributed by atoms with van der Waals surface area (Å²) < 4.78 is 11.9. The van der Waals surface area contributed by atoms with Gasteiger partial charge in [-0.1, -0.05) is 12.1 Å². The van der Waals surface area contributed by atoms with Gasteiger partial charge in [0.15, 0.2) is 5.54 Å². The molecule has 2 aliphatic carbocycles. The van der Waals surface area contributed by atoms with E-state index in [-0.39, 0.29) is 6.02 Å². The topological polar surface area (TPSA) is 56.8 Å². The lowest BCUT2D eigenvalue weighted by Crippen LogP contribution is -2.31. The second kappa shape index (κ2) is 4.57. The van der Waals surface area contributed by atoms with Crippen LogP contribution >= 0.6 is 0 Å². The molecule has 6 rings (SSSR count). The Morgan fingerprint density at radius 3 is 1.88 bits per heavy atom. The average Bonchev–Trinajstić information content (AvgIpc) is 3.53. The van der Waals surface area contributed by atoms with Crippen LogP contribution in [-0.2, 0) is 10.3 Å². The highest BCUT2D eigenvalue weighted by atomic mass is 16.5. The molecule has 0 saturated heterocycles. The highest BCUT2D eigenvalue weighted by Crippen LogP contribution is 2.54. The Hall–Kier alpha value is -2.49. The number of nitrogens with zero attached hydrogens (tertiary/aromatic N) is 1. The van der Waals surface area contributed by atoms with Crippen molar-refractivity contribution in [2.75, 3.05) is 6.61 Å². The zero-order valence-corrected chi connectivity index (χ0v) is 14.0. The van der Waals surface area contributed by atoms with E-state index in [1.54, 1.807) is 0 Å². The maximum atomic E-state index is 6.24. The van der Waals surface area contributed by atoms with Gasteiger partial charge in [-0.25, -0.2) is 4.99 Å². The summed E-state index contributed by atoms with van der Waals surface area (Å²) in [7, 11) is 0. The Kier molecular flexibility index (Phi) is 2.51. The maximum absolute atomic E-state index is 6.24. The molecular weight excluding hydrogens is 312 g/mol. The zero-order valence-electron chi connectivity index (χ0n) is 14.0. The van der Waals surface area contributed by atoms with E-state index < -0.39 is 5.54 Å². The molecule has 2 heterocycles. The van der Waals surface area contributed by atoms with Gasteiger partial charge in [0, 0.05) is 11.1 Å². The van der Waals surface area contributed by atoms with Gasteiger partial charge in [-0.3, -0.25) is 0 Å². The fraction of sp³-hybridized carbons (Fsp3) is 0.381. The average molecular weight is 332 g/mol. The highest BCUT2D eigenvalue weighted by Gasteiger charge is 2.47. The summed E-state index contributed by atoms with van der Waals surface area (Å²) in [6.45, 7) is 0.449. The lowest BCUT2D eigenvalue weighted by molar-refractivity contribution is 0.264. The van der Waals surface area contributed by atoms with Gasteiger partial charge in [0.05, 0.1) is 0 Å². The number of nitrogens with two attached hydrogens (primary N) is 1. The van der Waals surface area contributed by atoms with Gasteiger partial charge in [0.2, 0.25) is 0 Å². The van der Waals surface area contributed by atoms with Crippen molar-refractivity contribution in [3.05, 3.63) is 58.7 Å². The van der Waals surface area contributed by atoms with E-state index in [1.165, 1.54) is 36.8 Å². The molecule has 0 radical (unpaired) electrons. The van der Waals surface area contributed by atoms with E-state index in [9.17, 15) is 0 Å². The highest BCUT2D eigenvalue weighted by molar-refractivity contribution is 5.77. The van der Waals surface area contributed by atoms with Crippen LogP contribution in [0.15, 0.2) is 41.4 Å². The molecule has 1 spiro atoms. The van der Waals surface area contributed by atoms with E-state index >= 15 is 0 Å². The third kappa shape index (κ3) is 1.97. The van der Waals surface area contributed by atoms with Crippen molar-refractivity contribution in [1.29, 1.82) is 0 Å². The van der Waals surface area contributed by atoms with Gasteiger partial charge in [-0.15, -0.1) is 0 Å². The molecule has 4 aliphatic rings. The molecule has 0 bridgehead atoms. The van der Waals surface area contributed by atoms with Crippen LogP contribution in [0.25, 0.3) is 0 Å². The second-order valence-electron chi connectivity index (χ2n) is 7.76. The van der Waals surface area contributed by atoms with Gasteiger partial charge in [0.1, 0.15) is 18.1 Å². The van der Waals surface area contributed by atoms with Crippen LogP contribution < -0.4 is 10.5 Å². The fourth-order valence-electron chi connectivity index (χ4n) is 4.23. The molecule has 2 saturated carbocycles. The quantitative estimate of drug-likeness (QED) is 0.899. The molecule has 126 valence electrons. The molecule has 2 aromatic rings. The first-order chi connectivity index (χ1) is 12.2. The van der Waals surface area contributed by atoms with E-state index in [0.29, 0.717) is 18.4 Å². The fourth-order valence-corrected chi connectivity index (χ4v) is 4.23. The Bertz CT molecular complexity index is 864. The molecule has 25 heavy (non-hydrogen) atoms. The molecule has 2 fully saturated rings. The molecule has 0 aromatic heterocycles. The van der Waals surface area contributed by atoms with E-state index in [0.717, 1.165) is 22.6 Å². The summed E-state index contributed by atoms with van der Waals surface area (Å²) in [6, 6.07) is 13.4. The van der Waals surface area contributed by atoms with Gasteiger partial charge in [-0.05, 0) is 72.9 Å². The summed E-state index contributed by atoms with van der Waals surface area (Å²) in [6.07, 6.45) is 5.10. The van der Waals surface area contributed by atoms with E-state index in [4.69, 9.17) is 20.2 Å². The Labute approximate surface area is 146 Å². The zero-order chi connectivity index (χ0) is 16.6. The smallest absolute Gasteiger partial charge is 0.283 e. The maximum Gasteiger partial charge on any atom is 0.283 e. The molecule has 2 aromatic carbocycles. The molecule has 0 atom stereocenters. The van der Waals surface area contributed by atoms with Gasteiger partial charge < -0.3 is 15.2 Å². The first kappa shape index (κ1) is 13.8. The Morgan fingerprint density at radius 1 is 0.880 bits per heavy atom. The minimum absolute atomic E-state index is 0.271. The molecule has 0 unspecified atom stereocenters. The normalized spacial score (nSPS) is 22.6. The molecule has 4 nitrogen and oxygen atoms in total. The summed E-state index contributed by atoms with van der Waals surface area (Å²) in [4.78, 5) is 4.80. The largest absolute Gasteiger partial charge is 0.462 e. The number of ether oxygens (including phenoxy) is 2. The second-order valence-corrected chi connectivity index (χ2v) is 7.76. The van der Waals surface area contributed by atoms with Crippen molar-refractivity contribution in [1.82, 2.24) is 0 Å². The van der Waals surface area contributed by atoms with Crippen molar-refractivity contribution in [2.24, 2.45) is 10.7 Å². The first-order valence-corrected chi connectivity index (χ1v) is 9.18. The monoisotopic (exact) mass is 332 g/mol. The number of amidine groups is 1. The van der Waals surface area contributed by atoms with Crippen LogP contribution in [0.1, 0.15) is 59.8 Å². The standard InChI is InChI=1S/C21H20N2O2/c22-20-23-21(11-24-20)16-9-14(12-1-2-12)5-7-18(16)25-19-8-6-15(10-17(19)21)13-3-4-13/h5-10,12-13H,1-4,11H2,(H2,22,23). The molecule has 4 heteroatoms. The molecule has 2 N–H and O–H groups in total. The number of hydrogen-bond acceptors (Lipinski definition) is 4. The summed E-state index contributed by atoms with van der Waals surface area (Å²) in [5.41, 5.74) is 10.3. The van der Waals surface area contributed by atoms with Crippen LogP contribution in [0.3, 0.4) is 0 Å². The summed E-state index contributed by atoms with van der Waals surface area (Å²) in [5, 5.41) is 0. The van der Waals surface area contributed by atoms with Crippen LogP contribution in [0, 0.1) is 0 Å². The number of fused-ring (bicyclic) bond motifs is 4. The summed E-state index contributed by atoms with van der Waals surface area (Å²) >= 11 is 0. The van der Waals surface area contributed by atoms with Crippen molar-refractivity contribution in [3.8, 4) is 11.5 Å². The molecule has 0 amide bonds. The Balaban J connectivity index is 1.58. The van der Waals surface area contributed by atoms with Crippen molar-refractivity contribution in [2.45, 2.75) is 43.1 Å². The Morgan fingerprint density at radius 2 is 1.44 bits per heavy atom. The number of hydrogen-bond donors (Lipinski definition) is 1. The predicted octanol–water partition coefficient (Wildman–Crippen LogP) is 4.14. The van der Waals surface area contributed by atoms with E-state index in [1.807, 2.05) is 0 Å². The van der Waals surface area contributed by atoms with Crippen molar-refractivity contribution >= 4 is 6.02 Å². The van der Waals surface area contributed by atoms with Gasteiger partial charge in [0.25, 0.3) is 6.02 Å². The van der Waals surface area contributed by atoms with Crippen LogP contribution in [0.2, 0.25) is 0 Å². The SMILES string of the molecule is NC1=NC2(CO1)c1cc(C3CC3)ccc1Oc1ccc(C3CC3)cc12. The first-order valence-electron chi connectivity index (χ1n) is 9.18. The minimum Gasteiger partial charge on any atom is -0.462 e. The third-order valence-corrected chi connectivity index (χ3v) is 5.95. The lowest BCUT2D eigenvalue weighted by atomic mass is 9.79. The minimum atomic E-state index is -0.567. The lowest BCUT2D eigenvalue weighted by Gasteiger charge is -2.34. The van der Waals surface area contributed by atoms with Gasteiger partial charge >= 0.3 is 0 Å². The van der Waals surface area contributed by atoms with Crippen LogP contribution in [0.4, 0.5) is 0 Å². The van der Waals surface area contributed by atoms with Crippen LogP contribution in [0.5, 0.6) is 11.5 Å². The number of rotatable bonds is 2. The van der Waals surface area contributed by atoms with Crippen LogP contribution in [-0.4, -0.2) is 12.6 Å². The molecular formula is C21H20N2O2. The van der Waals surface area contributed by atoms with Gasteiger partial charge in [-0.2, -0.15) is 0 Å². The van der Waals surface area contributed by atoms with E-state index in [2.05, 4.69) is 36.4 Å². The summed E-state index contributed by atoms with van der Waals surface area (Å²) in [5.74, 6) is 3.12. The number of aliphatic imine (C=N–C) groups is 1.